The highest BCUT2D eigenvalue weighted by atomic mass is 15.1. The molecule has 0 spiro atoms. The van der Waals surface area contributed by atoms with Crippen molar-refractivity contribution in [3.8, 4) is 0 Å². The fraction of sp³-hybridized carbons (Fsp3) is 0.538. The molecule has 0 aliphatic carbocycles. The minimum Gasteiger partial charge on any atom is -0.316 e. The lowest BCUT2D eigenvalue weighted by Gasteiger charge is -2.32. The van der Waals surface area contributed by atoms with E-state index in [4.69, 9.17) is 4.98 Å². The molecule has 90 valence electrons. The van der Waals surface area contributed by atoms with Crippen LogP contribution < -0.4 is 5.32 Å². The Morgan fingerprint density at radius 3 is 3.00 bits per heavy atom. The Morgan fingerprint density at radius 2 is 2.35 bits per heavy atom. The molecule has 4 heteroatoms. The van der Waals surface area contributed by atoms with E-state index in [-0.39, 0.29) is 0 Å². The van der Waals surface area contributed by atoms with Gasteiger partial charge in [0.2, 0.25) is 0 Å². The summed E-state index contributed by atoms with van der Waals surface area (Å²) < 4.78 is 2.25. The molecule has 2 aromatic rings. The van der Waals surface area contributed by atoms with Gasteiger partial charge in [-0.2, -0.15) is 0 Å². The van der Waals surface area contributed by atoms with E-state index >= 15 is 0 Å². The van der Waals surface area contributed by atoms with Gasteiger partial charge in [-0.15, -0.1) is 0 Å². The van der Waals surface area contributed by atoms with E-state index in [0.717, 1.165) is 36.7 Å². The number of nitrogens with one attached hydrogen (secondary N) is 1. The lowest BCUT2D eigenvalue weighted by Crippen LogP contribution is -2.45. The first-order valence-corrected chi connectivity index (χ1v) is 6.33. The Hall–Kier alpha value is -1.42. The fourth-order valence-corrected chi connectivity index (χ4v) is 2.51. The molecule has 0 aromatic carbocycles. The zero-order valence-electron chi connectivity index (χ0n) is 10.3. The molecule has 1 unspecified atom stereocenters. The Morgan fingerprint density at radius 1 is 1.53 bits per heavy atom. The molecule has 1 fully saturated rings. The number of aryl methyl sites for hydroxylation is 1. The molecular weight excluding hydrogens is 212 g/mol. The van der Waals surface area contributed by atoms with Crippen LogP contribution >= 0.6 is 0 Å². The van der Waals surface area contributed by atoms with Crippen molar-refractivity contribution in [3.05, 3.63) is 24.2 Å². The van der Waals surface area contributed by atoms with Crippen LogP contribution in [0.15, 0.2) is 18.3 Å². The second-order valence-electron chi connectivity index (χ2n) is 4.77. The summed E-state index contributed by atoms with van der Waals surface area (Å²) in [4.78, 5) is 9.20. The number of aromatic nitrogens is 3. The van der Waals surface area contributed by atoms with Crippen LogP contribution in [0, 0.1) is 5.92 Å². The van der Waals surface area contributed by atoms with Crippen molar-refractivity contribution in [2.45, 2.75) is 26.3 Å². The Bertz CT molecular complexity index is 527. The van der Waals surface area contributed by atoms with Crippen molar-refractivity contribution in [2.75, 3.05) is 13.1 Å². The molecule has 1 aliphatic heterocycles. The standard InChI is InChI=1S/C13H18N4/c1-3-17-12(9(2)10-7-14-8-10)16-11-5-4-6-15-13(11)17/h4-6,9-10,14H,3,7-8H2,1-2H3. The molecule has 0 amide bonds. The second kappa shape index (κ2) is 4.11. The molecule has 0 radical (unpaired) electrons. The topological polar surface area (TPSA) is 42.7 Å². The predicted octanol–water partition coefficient (Wildman–Crippen LogP) is 1.77. The van der Waals surface area contributed by atoms with E-state index in [1.807, 2.05) is 18.3 Å². The summed E-state index contributed by atoms with van der Waals surface area (Å²) in [5.41, 5.74) is 2.03. The summed E-state index contributed by atoms with van der Waals surface area (Å²) in [7, 11) is 0. The van der Waals surface area contributed by atoms with Crippen LogP contribution in [0.25, 0.3) is 11.2 Å². The van der Waals surface area contributed by atoms with Crippen LogP contribution in [0.3, 0.4) is 0 Å². The van der Waals surface area contributed by atoms with Crippen LogP contribution in [-0.4, -0.2) is 27.6 Å². The van der Waals surface area contributed by atoms with Gasteiger partial charge < -0.3 is 9.88 Å². The Labute approximate surface area is 101 Å². The van der Waals surface area contributed by atoms with Crippen LogP contribution in [0.1, 0.15) is 25.6 Å². The van der Waals surface area contributed by atoms with E-state index < -0.39 is 0 Å². The van der Waals surface area contributed by atoms with Crippen molar-refractivity contribution in [3.63, 3.8) is 0 Å². The maximum absolute atomic E-state index is 4.76. The van der Waals surface area contributed by atoms with Gasteiger partial charge in [0.1, 0.15) is 11.3 Å². The molecule has 4 nitrogen and oxygen atoms in total. The average molecular weight is 230 g/mol. The highest BCUT2D eigenvalue weighted by Crippen LogP contribution is 2.28. The summed E-state index contributed by atoms with van der Waals surface area (Å²) in [5, 5.41) is 3.33. The number of hydrogen-bond acceptors (Lipinski definition) is 3. The quantitative estimate of drug-likeness (QED) is 0.874. The normalized spacial score (nSPS) is 18.2. The molecule has 2 aromatic heterocycles. The van der Waals surface area contributed by atoms with Gasteiger partial charge in [0.15, 0.2) is 5.65 Å². The fourth-order valence-electron chi connectivity index (χ4n) is 2.51. The molecule has 1 aliphatic rings. The molecule has 1 saturated heterocycles. The lowest BCUT2D eigenvalue weighted by molar-refractivity contribution is 0.292. The van der Waals surface area contributed by atoms with Gasteiger partial charge in [0.05, 0.1) is 0 Å². The van der Waals surface area contributed by atoms with Gasteiger partial charge in [-0.05, 0) is 38.1 Å². The minimum absolute atomic E-state index is 0.505. The highest BCUT2D eigenvalue weighted by molar-refractivity contribution is 5.71. The van der Waals surface area contributed by atoms with E-state index in [1.165, 1.54) is 5.82 Å². The van der Waals surface area contributed by atoms with Crippen LogP contribution in [-0.2, 0) is 6.54 Å². The number of pyridine rings is 1. The van der Waals surface area contributed by atoms with Gasteiger partial charge in [-0.1, -0.05) is 6.92 Å². The van der Waals surface area contributed by atoms with Crippen molar-refractivity contribution in [2.24, 2.45) is 5.92 Å². The zero-order valence-corrected chi connectivity index (χ0v) is 10.3. The molecule has 3 heterocycles. The van der Waals surface area contributed by atoms with Gasteiger partial charge >= 0.3 is 0 Å². The van der Waals surface area contributed by atoms with Gasteiger partial charge in [-0.3, -0.25) is 0 Å². The Balaban J connectivity index is 2.08. The average Bonchev–Trinajstić information content (AvgIpc) is 2.64. The molecular formula is C13H18N4. The third-order valence-corrected chi connectivity index (χ3v) is 3.78. The number of fused-ring (bicyclic) bond motifs is 1. The van der Waals surface area contributed by atoms with Crippen molar-refractivity contribution in [1.29, 1.82) is 0 Å². The first-order chi connectivity index (χ1) is 8.31. The number of hydrogen-bond donors (Lipinski definition) is 1. The maximum Gasteiger partial charge on any atom is 0.159 e. The van der Waals surface area contributed by atoms with E-state index in [9.17, 15) is 0 Å². The molecule has 17 heavy (non-hydrogen) atoms. The molecule has 1 atom stereocenters. The smallest absolute Gasteiger partial charge is 0.159 e. The number of nitrogens with zero attached hydrogens (tertiary/aromatic N) is 3. The summed E-state index contributed by atoms with van der Waals surface area (Å²) in [6, 6.07) is 4.00. The van der Waals surface area contributed by atoms with Gasteiger partial charge in [0, 0.05) is 18.7 Å². The molecule has 3 rings (SSSR count). The number of imidazole rings is 1. The Kier molecular flexibility index (Phi) is 2.59. The largest absolute Gasteiger partial charge is 0.316 e. The van der Waals surface area contributed by atoms with E-state index in [2.05, 4.69) is 28.7 Å². The monoisotopic (exact) mass is 230 g/mol. The van der Waals surface area contributed by atoms with Crippen molar-refractivity contribution in [1.82, 2.24) is 19.9 Å². The first kappa shape index (κ1) is 10.7. The van der Waals surface area contributed by atoms with Crippen LogP contribution in [0.4, 0.5) is 0 Å². The summed E-state index contributed by atoms with van der Waals surface area (Å²) in [6.07, 6.45) is 1.84. The summed E-state index contributed by atoms with van der Waals surface area (Å²) in [5.74, 6) is 2.41. The number of rotatable bonds is 3. The summed E-state index contributed by atoms with van der Waals surface area (Å²) in [6.45, 7) is 7.60. The molecule has 1 N–H and O–H groups in total. The minimum atomic E-state index is 0.505. The van der Waals surface area contributed by atoms with Gasteiger partial charge in [0.25, 0.3) is 0 Å². The molecule has 0 saturated carbocycles. The van der Waals surface area contributed by atoms with Crippen molar-refractivity contribution >= 4 is 11.2 Å². The van der Waals surface area contributed by atoms with Gasteiger partial charge in [-0.25, -0.2) is 9.97 Å². The SMILES string of the molecule is CCn1c(C(C)C2CNC2)nc2cccnc21. The third-order valence-electron chi connectivity index (χ3n) is 3.78. The van der Waals surface area contributed by atoms with Crippen molar-refractivity contribution < 1.29 is 0 Å². The second-order valence-corrected chi connectivity index (χ2v) is 4.77. The van der Waals surface area contributed by atoms with E-state index in [0.29, 0.717) is 5.92 Å². The lowest BCUT2D eigenvalue weighted by atomic mass is 9.88. The maximum atomic E-state index is 4.76. The van der Waals surface area contributed by atoms with Crippen LogP contribution in [0.2, 0.25) is 0 Å². The van der Waals surface area contributed by atoms with E-state index in [1.54, 1.807) is 0 Å². The first-order valence-electron chi connectivity index (χ1n) is 6.33. The van der Waals surface area contributed by atoms with Crippen LogP contribution in [0.5, 0.6) is 0 Å². The summed E-state index contributed by atoms with van der Waals surface area (Å²) >= 11 is 0. The third kappa shape index (κ3) is 1.63. The highest BCUT2D eigenvalue weighted by Gasteiger charge is 2.28. The molecule has 0 bridgehead atoms. The zero-order chi connectivity index (χ0) is 11.8. The predicted molar refractivity (Wildman–Crippen MR) is 68.0 cm³/mol.